The molecule has 1 aromatic heterocycles. The first-order chi connectivity index (χ1) is 12.6. The summed E-state index contributed by atoms with van der Waals surface area (Å²) in [6, 6.07) is 15.2. The molecule has 134 valence electrons. The minimum atomic E-state index is -0.0951. The maximum atomic E-state index is 12.1. The molecule has 0 aliphatic heterocycles. The molecule has 1 N–H and O–H groups in total. The molecule has 0 atom stereocenters. The number of hydrogen-bond donors (Lipinski definition) is 1. The summed E-state index contributed by atoms with van der Waals surface area (Å²) >= 11 is 8.76. The Bertz CT molecular complexity index is 867. The molecule has 0 aliphatic carbocycles. The van der Waals surface area contributed by atoms with Crippen molar-refractivity contribution in [2.24, 2.45) is 0 Å². The smallest absolute Gasteiger partial charge is 0.236 e. The first-order valence-corrected chi connectivity index (χ1v) is 10.1. The predicted octanol–water partition coefficient (Wildman–Crippen LogP) is 4.74. The van der Waals surface area contributed by atoms with E-state index in [1.807, 2.05) is 36.4 Å². The van der Waals surface area contributed by atoms with Gasteiger partial charge in [0.2, 0.25) is 11.0 Å². The van der Waals surface area contributed by atoms with Crippen LogP contribution in [0.3, 0.4) is 0 Å². The van der Waals surface area contributed by atoms with Gasteiger partial charge in [-0.05, 0) is 29.8 Å². The van der Waals surface area contributed by atoms with Crippen LogP contribution in [0, 0.1) is 0 Å². The highest BCUT2D eigenvalue weighted by molar-refractivity contribution is 7.99. The van der Waals surface area contributed by atoms with E-state index in [1.165, 1.54) is 11.3 Å². The van der Waals surface area contributed by atoms with E-state index in [1.54, 1.807) is 31.0 Å². The average molecular weight is 406 g/mol. The second kappa shape index (κ2) is 9.02. The third-order valence-corrected chi connectivity index (χ3v) is 5.57. The minimum absolute atomic E-state index is 0.0951. The summed E-state index contributed by atoms with van der Waals surface area (Å²) in [4.78, 5) is 12.1. The Hall–Kier alpha value is -2.09. The predicted molar refractivity (Wildman–Crippen MR) is 108 cm³/mol. The maximum absolute atomic E-state index is 12.1. The molecule has 5 nitrogen and oxygen atoms in total. The van der Waals surface area contributed by atoms with Crippen molar-refractivity contribution < 1.29 is 9.53 Å². The molecule has 0 spiro atoms. The molecule has 26 heavy (non-hydrogen) atoms. The van der Waals surface area contributed by atoms with E-state index in [4.69, 9.17) is 16.3 Å². The first-order valence-electron chi connectivity index (χ1n) is 7.74. The van der Waals surface area contributed by atoms with Crippen LogP contribution < -0.4 is 10.1 Å². The second-order valence-electron chi connectivity index (χ2n) is 5.31. The summed E-state index contributed by atoms with van der Waals surface area (Å²) < 4.78 is 5.13. The van der Waals surface area contributed by atoms with E-state index in [0.29, 0.717) is 15.9 Å². The summed E-state index contributed by atoms with van der Waals surface area (Å²) in [5, 5.41) is 12.8. The van der Waals surface area contributed by atoms with Crippen molar-refractivity contribution >= 4 is 45.7 Å². The molecule has 3 aromatic rings. The number of aromatic nitrogens is 2. The highest BCUT2D eigenvalue weighted by Crippen LogP contribution is 2.27. The third-order valence-electron chi connectivity index (χ3n) is 3.42. The topological polar surface area (TPSA) is 64.1 Å². The Morgan fingerprint density at radius 1 is 1.15 bits per heavy atom. The second-order valence-corrected chi connectivity index (χ2v) is 7.71. The van der Waals surface area contributed by atoms with Crippen LogP contribution in [0.1, 0.15) is 5.56 Å². The molecular weight excluding hydrogens is 390 g/mol. The lowest BCUT2D eigenvalue weighted by Gasteiger charge is -2.04. The number of ether oxygens (including phenoxy) is 1. The van der Waals surface area contributed by atoms with Crippen molar-refractivity contribution in [2.75, 3.05) is 18.2 Å². The largest absolute Gasteiger partial charge is 0.497 e. The molecule has 1 amide bonds. The molecule has 1 heterocycles. The van der Waals surface area contributed by atoms with Crippen LogP contribution in [-0.2, 0) is 10.5 Å². The Morgan fingerprint density at radius 2 is 1.88 bits per heavy atom. The fourth-order valence-corrected chi connectivity index (χ4v) is 3.80. The van der Waals surface area contributed by atoms with Gasteiger partial charge >= 0.3 is 0 Å². The number of nitrogens with one attached hydrogen (secondary N) is 1. The lowest BCUT2D eigenvalue weighted by Crippen LogP contribution is -2.13. The van der Waals surface area contributed by atoms with Crippen LogP contribution in [-0.4, -0.2) is 29.0 Å². The van der Waals surface area contributed by atoms with Crippen LogP contribution in [0.4, 0.5) is 5.13 Å². The highest BCUT2D eigenvalue weighted by Gasteiger charge is 2.10. The monoisotopic (exact) mass is 405 g/mol. The third kappa shape index (κ3) is 5.20. The summed E-state index contributed by atoms with van der Waals surface area (Å²) in [6.45, 7) is 0. The highest BCUT2D eigenvalue weighted by atomic mass is 35.5. The Kier molecular flexibility index (Phi) is 6.49. The Labute approximate surface area is 164 Å². The molecule has 0 aliphatic rings. The molecule has 0 fully saturated rings. The normalized spacial score (nSPS) is 10.5. The van der Waals surface area contributed by atoms with Crippen LogP contribution in [0.5, 0.6) is 5.75 Å². The minimum Gasteiger partial charge on any atom is -0.497 e. The van der Waals surface area contributed by atoms with Crippen molar-refractivity contribution in [1.82, 2.24) is 10.2 Å². The summed E-state index contributed by atoms with van der Waals surface area (Å²) in [6.07, 6.45) is 0. The van der Waals surface area contributed by atoms with Gasteiger partial charge in [0.15, 0.2) is 0 Å². The number of anilines is 1. The Balaban J connectivity index is 1.48. The number of carbonyl (C=O) groups is 1. The van der Waals surface area contributed by atoms with Crippen LogP contribution in [0.2, 0.25) is 5.02 Å². The van der Waals surface area contributed by atoms with E-state index in [9.17, 15) is 4.79 Å². The molecule has 2 aromatic carbocycles. The number of nitrogens with zero attached hydrogens (tertiary/aromatic N) is 2. The zero-order chi connectivity index (χ0) is 18.4. The molecule has 0 unspecified atom stereocenters. The molecule has 0 bridgehead atoms. The van der Waals surface area contributed by atoms with Gasteiger partial charge in [0.1, 0.15) is 10.8 Å². The maximum Gasteiger partial charge on any atom is 0.236 e. The first kappa shape index (κ1) is 18.7. The molecule has 3 rings (SSSR count). The van der Waals surface area contributed by atoms with Gasteiger partial charge in [-0.2, -0.15) is 0 Å². The number of halogens is 1. The van der Waals surface area contributed by atoms with Crippen molar-refractivity contribution in [3.63, 3.8) is 0 Å². The van der Waals surface area contributed by atoms with Crippen molar-refractivity contribution in [3.05, 3.63) is 59.1 Å². The van der Waals surface area contributed by atoms with Gasteiger partial charge in [0.25, 0.3) is 0 Å². The van der Waals surface area contributed by atoms with Crippen LogP contribution in [0.25, 0.3) is 10.6 Å². The van der Waals surface area contributed by atoms with Crippen molar-refractivity contribution in [1.29, 1.82) is 0 Å². The van der Waals surface area contributed by atoms with E-state index in [2.05, 4.69) is 15.5 Å². The van der Waals surface area contributed by atoms with Gasteiger partial charge in [-0.25, -0.2) is 0 Å². The van der Waals surface area contributed by atoms with Gasteiger partial charge in [-0.3, -0.25) is 10.1 Å². The van der Waals surface area contributed by atoms with Gasteiger partial charge in [0, 0.05) is 16.3 Å². The zero-order valence-corrected chi connectivity index (χ0v) is 16.3. The molecule has 0 saturated carbocycles. The quantitative estimate of drug-likeness (QED) is 0.615. The number of methoxy groups -OCH3 is 1. The standard InChI is InChI=1S/C18H16ClN3O2S2/c1-24-15-8-2-12(3-9-15)10-25-11-16(23)20-18-22-21-17(26-18)13-4-6-14(19)7-5-13/h2-9H,10-11H2,1H3,(H,20,22,23). The van der Waals surface area contributed by atoms with E-state index in [0.717, 1.165) is 27.6 Å². The van der Waals surface area contributed by atoms with E-state index < -0.39 is 0 Å². The fraction of sp³-hybridized carbons (Fsp3) is 0.167. The number of rotatable bonds is 7. The summed E-state index contributed by atoms with van der Waals surface area (Å²) in [5.74, 6) is 1.83. The SMILES string of the molecule is COc1ccc(CSCC(=O)Nc2nnc(-c3ccc(Cl)cc3)s2)cc1. The summed E-state index contributed by atoms with van der Waals surface area (Å²) in [7, 11) is 1.64. The van der Waals surface area contributed by atoms with Crippen molar-refractivity contribution in [3.8, 4) is 16.3 Å². The lowest BCUT2D eigenvalue weighted by atomic mass is 10.2. The lowest BCUT2D eigenvalue weighted by molar-refractivity contribution is -0.113. The Morgan fingerprint density at radius 3 is 2.58 bits per heavy atom. The molecular formula is C18H16ClN3O2S2. The number of benzene rings is 2. The van der Waals surface area contributed by atoms with Crippen molar-refractivity contribution in [2.45, 2.75) is 5.75 Å². The van der Waals surface area contributed by atoms with Gasteiger partial charge in [0.05, 0.1) is 12.9 Å². The van der Waals surface area contributed by atoms with E-state index in [-0.39, 0.29) is 5.91 Å². The van der Waals surface area contributed by atoms with Crippen LogP contribution in [0.15, 0.2) is 48.5 Å². The summed E-state index contributed by atoms with van der Waals surface area (Å²) in [5.41, 5.74) is 2.06. The number of hydrogen-bond acceptors (Lipinski definition) is 6. The van der Waals surface area contributed by atoms with Gasteiger partial charge < -0.3 is 4.74 Å². The van der Waals surface area contributed by atoms with Gasteiger partial charge in [-0.15, -0.1) is 22.0 Å². The van der Waals surface area contributed by atoms with E-state index >= 15 is 0 Å². The number of amides is 1. The average Bonchev–Trinajstić information content (AvgIpc) is 3.11. The molecule has 0 radical (unpaired) electrons. The number of carbonyl (C=O) groups excluding carboxylic acids is 1. The van der Waals surface area contributed by atoms with Gasteiger partial charge in [-0.1, -0.05) is 47.2 Å². The molecule has 0 saturated heterocycles. The fourth-order valence-electron chi connectivity index (χ4n) is 2.12. The number of thioether (sulfide) groups is 1. The zero-order valence-electron chi connectivity index (χ0n) is 13.9. The van der Waals surface area contributed by atoms with Crippen LogP contribution >= 0.6 is 34.7 Å². The molecule has 8 heteroatoms.